The number of nitrogens with one attached hydrogen (secondary N) is 1. The number of hydrogen-bond donors (Lipinski definition) is 1. The van der Waals surface area contributed by atoms with Gasteiger partial charge in [0.05, 0.1) is 13.7 Å². The van der Waals surface area contributed by atoms with Gasteiger partial charge < -0.3 is 24.4 Å². The molecule has 26 heavy (non-hydrogen) atoms. The van der Waals surface area contributed by atoms with E-state index >= 15 is 0 Å². The van der Waals surface area contributed by atoms with E-state index in [1.165, 1.54) is 7.11 Å². The molecule has 0 bridgehead atoms. The molecule has 0 radical (unpaired) electrons. The fourth-order valence-corrected chi connectivity index (χ4v) is 2.93. The molecule has 1 aliphatic rings. The topological polar surface area (TPSA) is 55.3 Å². The van der Waals surface area contributed by atoms with E-state index in [0.717, 1.165) is 37.6 Å². The van der Waals surface area contributed by atoms with Gasteiger partial charge >= 0.3 is 6.61 Å². The molecule has 0 saturated carbocycles. The first-order chi connectivity index (χ1) is 12.1. The maximum Gasteiger partial charge on any atom is 0.387 e. The highest BCUT2D eigenvalue weighted by molar-refractivity contribution is 14.0. The lowest BCUT2D eigenvalue weighted by Gasteiger charge is -2.22. The summed E-state index contributed by atoms with van der Waals surface area (Å²) in [4.78, 5) is 6.47. The Bertz CT molecular complexity index is 590. The van der Waals surface area contributed by atoms with E-state index in [0.29, 0.717) is 12.5 Å². The van der Waals surface area contributed by atoms with Gasteiger partial charge in [0.2, 0.25) is 0 Å². The van der Waals surface area contributed by atoms with Crippen molar-refractivity contribution in [3.63, 3.8) is 0 Å². The minimum Gasteiger partial charge on any atom is -0.493 e. The Labute approximate surface area is 169 Å². The summed E-state index contributed by atoms with van der Waals surface area (Å²) in [5.74, 6) is 1.57. The normalized spacial score (nSPS) is 17.2. The first kappa shape index (κ1) is 22.7. The summed E-state index contributed by atoms with van der Waals surface area (Å²) >= 11 is 0. The molecule has 1 heterocycles. The van der Waals surface area contributed by atoms with E-state index < -0.39 is 6.61 Å². The van der Waals surface area contributed by atoms with Gasteiger partial charge in [0.25, 0.3) is 0 Å². The van der Waals surface area contributed by atoms with E-state index in [9.17, 15) is 8.78 Å². The molecule has 9 heteroatoms. The van der Waals surface area contributed by atoms with Crippen molar-refractivity contribution in [3.8, 4) is 11.5 Å². The Hall–Kier alpha value is -1.36. The summed E-state index contributed by atoms with van der Waals surface area (Å²) in [5, 5.41) is 3.26. The molecule has 1 fully saturated rings. The largest absolute Gasteiger partial charge is 0.493 e. The highest BCUT2D eigenvalue weighted by Crippen LogP contribution is 2.29. The summed E-state index contributed by atoms with van der Waals surface area (Å²) in [5.41, 5.74) is 0.797. The third kappa shape index (κ3) is 6.42. The lowest BCUT2D eigenvalue weighted by atomic mass is 10.1. The Morgan fingerprint density at radius 2 is 2.12 bits per heavy atom. The molecule has 1 N–H and O–H groups in total. The van der Waals surface area contributed by atoms with Crippen molar-refractivity contribution in [3.05, 3.63) is 23.8 Å². The van der Waals surface area contributed by atoms with Crippen molar-refractivity contribution in [1.29, 1.82) is 0 Å². The van der Waals surface area contributed by atoms with Gasteiger partial charge in [-0.15, -0.1) is 24.0 Å². The molecule has 1 unspecified atom stereocenters. The zero-order valence-corrected chi connectivity index (χ0v) is 17.5. The van der Waals surface area contributed by atoms with Crippen LogP contribution in [-0.2, 0) is 11.3 Å². The fourth-order valence-electron chi connectivity index (χ4n) is 2.93. The number of methoxy groups -OCH3 is 2. The van der Waals surface area contributed by atoms with Crippen LogP contribution in [0.25, 0.3) is 0 Å². The van der Waals surface area contributed by atoms with Crippen molar-refractivity contribution in [1.82, 2.24) is 10.2 Å². The highest BCUT2D eigenvalue weighted by Gasteiger charge is 2.24. The number of ether oxygens (including phenoxy) is 3. The average molecular weight is 485 g/mol. The van der Waals surface area contributed by atoms with Gasteiger partial charge in [0.15, 0.2) is 17.5 Å². The molecule has 0 aliphatic carbocycles. The molecule has 1 aliphatic heterocycles. The van der Waals surface area contributed by atoms with Crippen molar-refractivity contribution in [2.45, 2.75) is 19.6 Å². The number of halogens is 3. The molecular weight excluding hydrogens is 459 g/mol. The molecule has 6 nitrogen and oxygen atoms in total. The number of benzene rings is 1. The first-order valence-corrected chi connectivity index (χ1v) is 8.13. The minimum atomic E-state index is -2.90. The standard InChI is InChI=1S/C17H25F2N3O3.HI/c1-20-17(22-7-6-13(10-22)11-23-2)21-9-12-4-5-14(24-3)15(8-12)25-16(18)19;/h4-5,8,13,16H,6-7,9-11H2,1-3H3,(H,20,21);1H. The van der Waals surface area contributed by atoms with E-state index in [4.69, 9.17) is 9.47 Å². The van der Waals surface area contributed by atoms with Crippen LogP contribution in [0.3, 0.4) is 0 Å². The summed E-state index contributed by atoms with van der Waals surface area (Å²) in [6.07, 6.45) is 1.06. The van der Waals surface area contributed by atoms with Gasteiger partial charge in [-0.3, -0.25) is 4.99 Å². The Kier molecular flexibility index (Phi) is 9.92. The van der Waals surface area contributed by atoms with Gasteiger partial charge in [-0.05, 0) is 24.1 Å². The quantitative estimate of drug-likeness (QED) is 0.366. The molecule has 2 rings (SSSR count). The number of hydrogen-bond acceptors (Lipinski definition) is 4. The summed E-state index contributed by atoms with van der Waals surface area (Å²) in [6, 6.07) is 4.96. The molecule has 1 atom stereocenters. The van der Waals surface area contributed by atoms with E-state index in [1.807, 2.05) is 0 Å². The van der Waals surface area contributed by atoms with Crippen LogP contribution >= 0.6 is 24.0 Å². The Balaban J connectivity index is 0.00000338. The van der Waals surface area contributed by atoms with Crippen molar-refractivity contribution in [2.75, 3.05) is 41.0 Å². The summed E-state index contributed by atoms with van der Waals surface area (Å²) < 4.78 is 39.8. The highest BCUT2D eigenvalue weighted by atomic mass is 127. The lowest BCUT2D eigenvalue weighted by Crippen LogP contribution is -2.39. The summed E-state index contributed by atoms with van der Waals surface area (Å²) in [6.45, 7) is 0.0840. The van der Waals surface area contributed by atoms with Crippen molar-refractivity contribution < 1.29 is 23.0 Å². The van der Waals surface area contributed by atoms with Crippen LogP contribution in [0.1, 0.15) is 12.0 Å². The van der Waals surface area contributed by atoms with E-state index in [-0.39, 0.29) is 35.5 Å². The van der Waals surface area contributed by atoms with Gasteiger partial charge in [-0.2, -0.15) is 8.78 Å². The maximum absolute atomic E-state index is 12.5. The van der Waals surface area contributed by atoms with Gasteiger partial charge in [0.1, 0.15) is 0 Å². The predicted octanol–water partition coefficient (Wildman–Crippen LogP) is 2.96. The number of aliphatic imine (C=N–C) groups is 1. The van der Waals surface area contributed by atoms with Crippen LogP contribution in [0.4, 0.5) is 8.78 Å². The third-order valence-electron chi connectivity index (χ3n) is 4.09. The number of guanidine groups is 1. The molecule has 1 aromatic carbocycles. The number of nitrogens with zero attached hydrogens (tertiary/aromatic N) is 2. The minimum absolute atomic E-state index is 0. The van der Waals surface area contributed by atoms with Crippen LogP contribution in [-0.4, -0.2) is 58.4 Å². The fraction of sp³-hybridized carbons (Fsp3) is 0.588. The third-order valence-corrected chi connectivity index (χ3v) is 4.09. The second-order valence-electron chi connectivity index (χ2n) is 5.82. The van der Waals surface area contributed by atoms with Crippen LogP contribution in [0.15, 0.2) is 23.2 Å². The van der Waals surface area contributed by atoms with Crippen LogP contribution < -0.4 is 14.8 Å². The predicted molar refractivity (Wildman–Crippen MR) is 107 cm³/mol. The molecule has 148 valence electrons. The maximum atomic E-state index is 12.5. The van der Waals surface area contributed by atoms with E-state index in [2.05, 4.69) is 19.9 Å². The SMILES string of the molecule is CN=C(NCc1ccc(OC)c(OC(F)F)c1)N1CCC(COC)C1.I. The molecular formula is C17H26F2IN3O3. The number of likely N-dealkylation sites (tertiary alicyclic amines) is 1. The second-order valence-corrected chi connectivity index (χ2v) is 5.82. The molecule has 0 amide bonds. The Morgan fingerprint density at radius 3 is 2.73 bits per heavy atom. The van der Waals surface area contributed by atoms with Crippen LogP contribution in [0.2, 0.25) is 0 Å². The number of alkyl halides is 2. The molecule has 0 aromatic heterocycles. The lowest BCUT2D eigenvalue weighted by molar-refractivity contribution is -0.0512. The van der Waals surface area contributed by atoms with Crippen LogP contribution in [0.5, 0.6) is 11.5 Å². The van der Waals surface area contributed by atoms with Crippen LogP contribution in [0, 0.1) is 5.92 Å². The Morgan fingerprint density at radius 1 is 1.35 bits per heavy atom. The van der Waals surface area contributed by atoms with Crippen molar-refractivity contribution >= 4 is 29.9 Å². The molecule has 1 aromatic rings. The monoisotopic (exact) mass is 485 g/mol. The average Bonchev–Trinajstić information content (AvgIpc) is 3.04. The van der Waals surface area contributed by atoms with Crippen molar-refractivity contribution in [2.24, 2.45) is 10.9 Å². The summed E-state index contributed by atoms with van der Waals surface area (Å²) in [7, 11) is 4.85. The number of rotatable bonds is 7. The first-order valence-electron chi connectivity index (χ1n) is 8.13. The van der Waals surface area contributed by atoms with Gasteiger partial charge in [0, 0.05) is 39.7 Å². The van der Waals surface area contributed by atoms with Gasteiger partial charge in [-0.1, -0.05) is 6.07 Å². The second kappa shape index (κ2) is 11.4. The molecule has 1 saturated heterocycles. The smallest absolute Gasteiger partial charge is 0.387 e. The zero-order chi connectivity index (χ0) is 18.2. The van der Waals surface area contributed by atoms with Gasteiger partial charge in [-0.25, -0.2) is 0 Å². The molecule has 0 spiro atoms. The van der Waals surface area contributed by atoms with E-state index in [1.54, 1.807) is 32.4 Å². The zero-order valence-electron chi connectivity index (χ0n) is 15.2.